The predicted octanol–water partition coefficient (Wildman–Crippen LogP) is 3.14. The SMILES string of the molecule is CCC(C)(CC)NC(=O)NC(CC(=O)O)CC(C)(C)C. The smallest absolute Gasteiger partial charge is 0.315 e. The van der Waals surface area contributed by atoms with Gasteiger partial charge in [0.2, 0.25) is 0 Å². The van der Waals surface area contributed by atoms with Gasteiger partial charge in [0.15, 0.2) is 0 Å². The minimum absolute atomic E-state index is 0.0355. The number of nitrogens with one attached hydrogen (secondary N) is 2. The Kier molecular flexibility index (Phi) is 7.03. The molecule has 20 heavy (non-hydrogen) atoms. The third-order valence-corrected chi connectivity index (χ3v) is 3.59. The molecule has 0 bridgehead atoms. The molecule has 0 spiro atoms. The average molecular weight is 286 g/mol. The van der Waals surface area contributed by atoms with Crippen LogP contribution < -0.4 is 10.6 Å². The molecule has 0 fully saturated rings. The lowest BCUT2D eigenvalue weighted by Gasteiger charge is -2.31. The molecule has 0 aromatic carbocycles. The van der Waals surface area contributed by atoms with Crippen LogP contribution in [0.3, 0.4) is 0 Å². The molecule has 0 aliphatic rings. The van der Waals surface area contributed by atoms with Crippen LogP contribution in [0.1, 0.15) is 67.2 Å². The monoisotopic (exact) mass is 286 g/mol. The van der Waals surface area contributed by atoms with E-state index in [0.29, 0.717) is 6.42 Å². The zero-order valence-corrected chi connectivity index (χ0v) is 13.7. The topological polar surface area (TPSA) is 78.4 Å². The molecule has 3 N–H and O–H groups in total. The molecule has 2 amide bonds. The van der Waals surface area contributed by atoms with E-state index in [-0.39, 0.29) is 29.4 Å². The highest BCUT2D eigenvalue weighted by Gasteiger charge is 2.26. The summed E-state index contributed by atoms with van der Waals surface area (Å²) in [5.41, 5.74) is -0.286. The van der Waals surface area contributed by atoms with Crippen LogP contribution in [-0.4, -0.2) is 28.7 Å². The molecule has 0 aliphatic carbocycles. The molecule has 0 radical (unpaired) electrons. The number of carboxylic acid groups (broad SMARTS) is 1. The first-order valence-corrected chi connectivity index (χ1v) is 7.32. The van der Waals surface area contributed by atoms with Crippen molar-refractivity contribution in [2.45, 2.75) is 78.8 Å². The fraction of sp³-hybridized carbons (Fsp3) is 0.867. The van der Waals surface area contributed by atoms with Gasteiger partial charge >= 0.3 is 12.0 Å². The summed E-state index contributed by atoms with van der Waals surface area (Å²) in [6.45, 7) is 12.1. The maximum atomic E-state index is 12.0. The first-order valence-electron chi connectivity index (χ1n) is 7.32. The second-order valence-electron chi connectivity index (χ2n) is 6.93. The highest BCUT2D eigenvalue weighted by molar-refractivity contribution is 5.76. The second-order valence-corrected chi connectivity index (χ2v) is 6.93. The van der Waals surface area contributed by atoms with Gasteiger partial charge in [-0.2, -0.15) is 0 Å². The van der Waals surface area contributed by atoms with E-state index in [2.05, 4.69) is 10.6 Å². The van der Waals surface area contributed by atoms with Crippen molar-refractivity contribution in [1.82, 2.24) is 10.6 Å². The molecule has 0 heterocycles. The molecule has 1 unspecified atom stereocenters. The van der Waals surface area contributed by atoms with Gasteiger partial charge in [0.05, 0.1) is 6.42 Å². The van der Waals surface area contributed by atoms with Gasteiger partial charge in [0.1, 0.15) is 0 Å². The summed E-state index contributed by atoms with van der Waals surface area (Å²) in [5, 5.41) is 14.7. The van der Waals surface area contributed by atoms with Crippen LogP contribution in [0.25, 0.3) is 0 Å². The summed E-state index contributed by atoms with van der Waals surface area (Å²) < 4.78 is 0. The number of aliphatic carboxylic acids is 1. The van der Waals surface area contributed by atoms with E-state index >= 15 is 0 Å². The average Bonchev–Trinajstić information content (AvgIpc) is 2.25. The zero-order chi connectivity index (χ0) is 16.0. The fourth-order valence-corrected chi connectivity index (χ4v) is 2.05. The lowest BCUT2D eigenvalue weighted by atomic mass is 9.87. The number of urea groups is 1. The minimum Gasteiger partial charge on any atom is -0.481 e. The number of carbonyl (C=O) groups is 2. The summed E-state index contributed by atoms with van der Waals surface area (Å²) >= 11 is 0. The molecular weight excluding hydrogens is 256 g/mol. The standard InChI is InChI=1S/C15H30N2O3/c1-7-15(6,8-2)17-13(20)16-11(9-12(18)19)10-14(3,4)5/h11H,7-10H2,1-6H3,(H,18,19)(H2,16,17,20). The molecule has 0 aliphatic heterocycles. The Morgan fingerprint density at radius 2 is 1.60 bits per heavy atom. The van der Waals surface area contributed by atoms with Gasteiger partial charge in [-0.15, -0.1) is 0 Å². The molecular formula is C15H30N2O3. The third-order valence-electron chi connectivity index (χ3n) is 3.59. The van der Waals surface area contributed by atoms with Gasteiger partial charge < -0.3 is 15.7 Å². The van der Waals surface area contributed by atoms with Gasteiger partial charge in [0.25, 0.3) is 0 Å². The highest BCUT2D eigenvalue weighted by Crippen LogP contribution is 2.22. The lowest BCUT2D eigenvalue weighted by molar-refractivity contribution is -0.137. The van der Waals surface area contributed by atoms with E-state index in [1.807, 2.05) is 41.5 Å². The van der Waals surface area contributed by atoms with Crippen molar-refractivity contribution < 1.29 is 14.7 Å². The van der Waals surface area contributed by atoms with Crippen LogP contribution in [-0.2, 0) is 4.79 Å². The van der Waals surface area contributed by atoms with Crippen LogP contribution in [0, 0.1) is 5.41 Å². The van der Waals surface area contributed by atoms with Crippen molar-refractivity contribution >= 4 is 12.0 Å². The molecule has 5 heteroatoms. The van der Waals surface area contributed by atoms with Gasteiger partial charge in [-0.3, -0.25) is 4.79 Å². The molecule has 1 atom stereocenters. The largest absolute Gasteiger partial charge is 0.481 e. The van der Waals surface area contributed by atoms with Crippen molar-refractivity contribution in [2.24, 2.45) is 5.41 Å². The van der Waals surface area contributed by atoms with Crippen molar-refractivity contribution in [3.05, 3.63) is 0 Å². The molecule has 0 saturated carbocycles. The number of rotatable bonds is 7. The van der Waals surface area contributed by atoms with Crippen LogP contribution in [0.2, 0.25) is 0 Å². The van der Waals surface area contributed by atoms with Crippen LogP contribution >= 0.6 is 0 Å². The highest BCUT2D eigenvalue weighted by atomic mass is 16.4. The summed E-state index contributed by atoms with van der Waals surface area (Å²) in [5.74, 6) is -0.895. The van der Waals surface area contributed by atoms with Crippen molar-refractivity contribution in [3.63, 3.8) is 0 Å². The quantitative estimate of drug-likeness (QED) is 0.672. The van der Waals surface area contributed by atoms with Crippen molar-refractivity contribution in [1.29, 1.82) is 0 Å². The van der Waals surface area contributed by atoms with Gasteiger partial charge in [-0.25, -0.2) is 4.79 Å². The maximum Gasteiger partial charge on any atom is 0.315 e. The van der Waals surface area contributed by atoms with Gasteiger partial charge in [-0.1, -0.05) is 34.6 Å². The van der Waals surface area contributed by atoms with Crippen LogP contribution in [0.4, 0.5) is 4.79 Å². The molecule has 0 aromatic heterocycles. The Labute approximate surface area is 122 Å². The number of carboxylic acids is 1. The Morgan fingerprint density at radius 1 is 1.10 bits per heavy atom. The van der Waals surface area contributed by atoms with E-state index in [9.17, 15) is 9.59 Å². The summed E-state index contributed by atoms with van der Waals surface area (Å²) in [4.78, 5) is 22.9. The lowest BCUT2D eigenvalue weighted by Crippen LogP contribution is -2.52. The number of amides is 2. The Hall–Kier alpha value is -1.26. The number of carbonyl (C=O) groups excluding carboxylic acids is 1. The van der Waals surface area contributed by atoms with Crippen molar-refractivity contribution in [2.75, 3.05) is 0 Å². The Balaban J connectivity index is 4.64. The second kappa shape index (κ2) is 7.50. The molecule has 5 nitrogen and oxygen atoms in total. The number of hydrogen-bond donors (Lipinski definition) is 3. The number of hydrogen-bond acceptors (Lipinski definition) is 2. The van der Waals surface area contributed by atoms with E-state index in [4.69, 9.17) is 5.11 Å². The summed E-state index contributed by atoms with van der Waals surface area (Å²) in [6, 6.07) is -0.642. The van der Waals surface area contributed by atoms with Crippen molar-refractivity contribution in [3.8, 4) is 0 Å². The predicted molar refractivity (Wildman–Crippen MR) is 80.8 cm³/mol. The van der Waals surface area contributed by atoms with Gasteiger partial charge in [0, 0.05) is 11.6 Å². The molecule has 118 valence electrons. The van der Waals surface area contributed by atoms with E-state index < -0.39 is 5.97 Å². The van der Waals surface area contributed by atoms with Gasteiger partial charge in [-0.05, 0) is 31.6 Å². The minimum atomic E-state index is -0.895. The zero-order valence-electron chi connectivity index (χ0n) is 13.7. The Morgan fingerprint density at radius 3 is 1.95 bits per heavy atom. The van der Waals surface area contributed by atoms with Crippen LogP contribution in [0.5, 0.6) is 0 Å². The molecule has 0 saturated heterocycles. The maximum absolute atomic E-state index is 12.0. The third kappa shape index (κ3) is 8.02. The summed E-state index contributed by atoms with van der Waals surface area (Å²) in [7, 11) is 0. The Bertz CT molecular complexity index is 331. The first kappa shape index (κ1) is 18.7. The molecule has 0 rings (SSSR count). The van der Waals surface area contributed by atoms with E-state index in [1.54, 1.807) is 0 Å². The van der Waals surface area contributed by atoms with E-state index in [0.717, 1.165) is 12.8 Å². The summed E-state index contributed by atoms with van der Waals surface area (Å²) in [6.07, 6.45) is 2.24. The van der Waals surface area contributed by atoms with Crippen LogP contribution in [0.15, 0.2) is 0 Å². The first-order chi connectivity index (χ1) is 9.01. The fourth-order valence-electron chi connectivity index (χ4n) is 2.05. The molecule has 0 aromatic rings. The van der Waals surface area contributed by atoms with E-state index in [1.165, 1.54) is 0 Å². The normalized spacial score (nSPS) is 13.7.